The molecule has 0 heterocycles. The van der Waals surface area contributed by atoms with E-state index in [0.717, 1.165) is 23.0 Å². The summed E-state index contributed by atoms with van der Waals surface area (Å²) in [5.74, 6) is 2.04. The van der Waals surface area contributed by atoms with Gasteiger partial charge in [-0.15, -0.1) is 0 Å². The van der Waals surface area contributed by atoms with Crippen molar-refractivity contribution < 1.29 is 0 Å². The van der Waals surface area contributed by atoms with E-state index >= 15 is 0 Å². The van der Waals surface area contributed by atoms with E-state index in [1.807, 2.05) is 26.0 Å². The van der Waals surface area contributed by atoms with E-state index in [1.165, 1.54) is 25.7 Å². The van der Waals surface area contributed by atoms with Gasteiger partial charge in [0, 0.05) is 0 Å². The van der Waals surface area contributed by atoms with Gasteiger partial charge in [-0.3, -0.25) is 0 Å². The minimum atomic E-state index is 1.02. The predicted molar refractivity (Wildman–Crippen MR) is 75.6 cm³/mol. The van der Waals surface area contributed by atoms with Crippen LogP contribution in [0.25, 0.3) is 0 Å². The fraction of sp³-hybridized carbons (Fsp3) is 0.625. The van der Waals surface area contributed by atoms with Gasteiger partial charge in [-0.1, -0.05) is 76.0 Å². The average Bonchev–Trinajstić information content (AvgIpc) is 2.20. The fourth-order valence-electron chi connectivity index (χ4n) is 1.71. The van der Waals surface area contributed by atoms with E-state index in [-0.39, 0.29) is 0 Å². The highest BCUT2D eigenvalue weighted by Gasteiger charge is 2.13. The molecule has 0 aromatic rings. The van der Waals surface area contributed by atoms with E-state index in [0.29, 0.717) is 0 Å². The van der Waals surface area contributed by atoms with Gasteiger partial charge in [-0.05, 0) is 25.7 Å². The molecule has 0 N–H and O–H groups in total. The highest BCUT2D eigenvalue weighted by atomic mass is 14.2. The summed E-state index contributed by atoms with van der Waals surface area (Å²) < 4.78 is 0. The summed E-state index contributed by atoms with van der Waals surface area (Å²) in [5, 5.41) is 0. The third-order valence-corrected chi connectivity index (χ3v) is 2.96. The lowest BCUT2D eigenvalue weighted by atomic mass is 9.84. The van der Waals surface area contributed by atoms with Crippen LogP contribution in [0.1, 0.15) is 53.4 Å². The number of allylic oxidation sites excluding steroid dienone is 4. The molecule has 0 spiro atoms. The van der Waals surface area contributed by atoms with Crippen molar-refractivity contribution in [1.29, 1.82) is 0 Å². The standard InChI is InChI=1S/C8H16.C8H12/c1-7-3-5-8(2)6-4-7;1-7(2)5-6-8(3)4/h7-8H,3-6H2,1-2H3;5-6H,1,3H2,2,4H3/b;6-5-. The van der Waals surface area contributed by atoms with Crippen molar-refractivity contribution in [1.82, 2.24) is 0 Å². The van der Waals surface area contributed by atoms with Gasteiger partial charge >= 0.3 is 0 Å². The number of hydrogen-bond donors (Lipinski definition) is 0. The third kappa shape index (κ3) is 9.76. The second-order valence-corrected chi connectivity index (χ2v) is 5.39. The lowest BCUT2D eigenvalue weighted by molar-refractivity contribution is 0.308. The van der Waals surface area contributed by atoms with Crippen LogP contribution in [0.3, 0.4) is 0 Å². The van der Waals surface area contributed by atoms with Gasteiger partial charge in [-0.25, -0.2) is 0 Å². The van der Waals surface area contributed by atoms with Crippen LogP contribution in [0.4, 0.5) is 0 Å². The molecule has 0 nitrogen and oxygen atoms in total. The fourth-order valence-corrected chi connectivity index (χ4v) is 1.71. The Morgan fingerprint density at radius 1 is 0.812 bits per heavy atom. The Balaban J connectivity index is 0.000000281. The van der Waals surface area contributed by atoms with Crippen molar-refractivity contribution in [2.75, 3.05) is 0 Å². The molecule has 1 aliphatic carbocycles. The molecular weight excluding hydrogens is 192 g/mol. The van der Waals surface area contributed by atoms with E-state index in [9.17, 15) is 0 Å². The molecule has 0 amide bonds. The molecule has 0 aliphatic heterocycles. The topological polar surface area (TPSA) is 0 Å². The van der Waals surface area contributed by atoms with Crippen LogP contribution in [0.5, 0.6) is 0 Å². The van der Waals surface area contributed by atoms with E-state index in [4.69, 9.17) is 0 Å². The molecule has 0 unspecified atom stereocenters. The summed E-state index contributed by atoms with van der Waals surface area (Å²) in [4.78, 5) is 0. The van der Waals surface area contributed by atoms with Crippen LogP contribution in [-0.2, 0) is 0 Å². The Kier molecular flexibility index (Phi) is 7.97. The van der Waals surface area contributed by atoms with Crippen LogP contribution >= 0.6 is 0 Å². The maximum absolute atomic E-state index is 3.70. The average molecular weight is 220 g/mol. The molecule has 1 rings (SSSR count). The lowest BCUT2D eigenvalue weighted by Crippen LogP contribution is -2.08. The Bertz CT molecular complexity index is 211. The summed E-state index contributed by atoms with van der Waals surface area (Å²) in [6, 6.07) is 0. The molecule has 0 bridgehead atoms. The third-order valence-electron chi connectivity index (χ3n) is 2.96. The Labute approximate surface area is 102 Å². The number of rotatable bonds is 2. The summed E-state index contributed by atoms with van der Waals surface area (Å²) >= 11 is 0. The van der Waals surface area contributed by atoms with Crippen LogP contribution in [0, 0.1) is 11.8 Å². The first kappa shape index (κ1) is 15.2. The van der Waals surface area contributed by atoms with Crippen molar-refractivity contribution in [3.8, 4) is 0 Å². The zero-order valence-corrected chi connectivity index (χ0v) is 11.6. The maximum atomic E-state index is 3.70. The van der Waals surface area contributed by atoms with E-state index in [1.54, 1.807) is 0 Å². The van der Waals surface area contributed by atoms with Gasteiger partial charge in [0.15, 0.2) is 0 Å². The van der Waals surface area contributed by atoms with Crippen molar-refractivity contribution in [3.05, 3.63) is 36.5 Å². The molecule has 0 aromatic heterocycles. The number of hydrogen-bond acceptors (Lipinski definition) is 0. The summed E-state index contributed by atoms with van der Waals surface area (Å²) in [7, 11) is 0. The van der Waals surface area contributed by atoms with Crippen LogP contribution in [0.2, 0.25) is 0 Å². The highest BCUT2D eigenvalue weighted by Crippen LogP contribution is 2.27. The Morgan fingerprint density at radius 3 is 1.25 bits per heavy atom. The molecule has 92 valence electrons. The van der Waals surface area contributed by atoms with E-state index < -0.39 is 0 Å². The zero-order chi connectivity index (χ0) is 12.6. The summed E-state index contributed by atoms with van der Waals surface area (Å²) in [6.07, 6.45) is 9.79. The maximum Gasteiger partial charge on any atom is -0.0404 e. The first-order valence-electron chi connectivity index (χ1n) is 6.41. The zero-order valence-electron chi connectivity index (χ0n) is 11.6. The van der Waals surface area contributed by atoms with Gasteiger partial charge in [0.05, 0.1) is 0 Å². The molecule has 1 fully saturated rings. The van der Waals surface area contributed by atoms with Crippen molar-refractivity contribution in [3.63, 3.8) is 0 Å². The lowest BCUT2D eigenvalue weighted by Gasteiger charge is -2.22. The molecule has 0 heteroatoms. The molecule has 16 heavy (non-hydrogen) atoms. The highest BCUT2D eigenvalue weighted by molar-refractivity contribution is 5.20. The first-order chi connectivity index (χ1) is 7.41. The normalized spacial score (nSPS) is 24.8. The van der Waals surface area contributed by atoms with Gasteiger partial charge in [0.2, 0.25) is 0 Å². The van der Waals surface area contributed by atoms with Crippen molar-refractivity contribution >= 4 is 0 Å². The van der Waals surface area contributed by atoms with Crippen molar-refractivity contribution in [2.45, 2.75) is 53.4 Å². The van der Waals surface area contributed by atoms with Gasteiger partial charge in [0.1, 0.15) is 0 Å². The molecule has 1 aliphatic rings. The monoisotopic (exact) mass is 220 g/mol. The first-order valence-corrected chi connectivity index (χ1v) is 6.41. The minimum absolute atomic E-state index is 1.02. The summed E-state index contributed by atoms with van der Waals surface area (Å²) in [5.41, 5.74) is 2.13. The van der Waals surface area contributed by atoms with Crippen LogP contribution in [-0.4, -0.2) is 0 Å². The SMILES string of the molecule is C=C(C)/C=C\C(=C)C.CC1CCC(C)CC1. The minimum Gasteiger partial charge on any atom is -0.0961 e. The summed E-state index contributed by atoms with van der Waals surface area (Å²) in [6.45, 7) is 16.0. The van der Waals surface area contributed by atoms with Gasteiger partial charge in [0.25, 0.3) is 0 Å². The second-order valence-electron chi connectivity index (χ2n) is 5.39. The molecule has 0 radical (unpaired) electrons. The van der Waals surface area contributed by atoms with Crippen molar-refractivity contribution in [2.24, 2.45) is 11.8 Å². The molecule has 0 saturated heterocycles. The predicted octanol–water partition coefficient (Wildman–Crippen LogP) is 5.53. The van der Waals surface area contributed by atoms with Crippen LogP contribution < -0.4 is 0 Å². The molecule has 0 aromatic carbocycles. The Hall–Kier alpha value is -0.780. The molecular formula is C16H28. The quantitative estimate of drug-likeness (QED) is 0.537. The molecule has 0 atom stereocenters. The smallest absolute Gasteiger partial charge is 0.0404 e. The van der Waals surface area contributed by atoms with Gasteiger partial charge < -0.3 is 0 Å². The van der Waals surface area contributed by atoms with E-state index in [2.05, 4.69) is 27.0 Å². The Morgan fingerprint density at radius 2 is 1.06 bits per heavy atom. The second kappa shape index (κ2) is 8.38. The van der Waals surface area contributed by atoms with Gasteiger partial charge in [-0.2, -0.15) is 0 Å². The van der Waals surface area contributed by atoms with Crippen LogP contribution in [0.15, 0.2) is 36.5 Å². The molecule has 1 saturated carbocycles. The largest absolute Gasteiger partial charge is 0.0961 e.